The van der Waals surface area contributed by atoms with Crippen LogP contribution < -0.4 is 16.0 Å². The third-order valence-electron chi connectivity index (χ3n) is 4.84. The standard InChI is InChI=1S/C24H30N6O2.HI/c1-3-25-23(27-18-24(2,32)20-10-5-4-6-11-20)26-16-19-9-7-12-21(15-19)29-22(31)17-30-14-8-13-28-30;/h4-15,32H,3,16-18H2,1-2H3,(H,29,31)(H2,25,26,27);1H. The van der Waals surface area contributed by atoms with Crippen molar-refractivity contribution in [3.8, 4) is 0 Å². The van der Waals surface area contributed by atoms with Crippen molar-refractivity contribution in [1.29, 1.82) is 0 Å². The summed E-state index contributed by atoms with van der Waals surface area (Å²) in [5, 5.41) is 24.1. The van der Waals surface area contributed by atoms with E-state index in [9.17, 15) is 9.90 Å². The van der Waals surface area contributed by atoms with Gasteiger partial charge >= 0.3 is 0 Å². The lowest BCUT2D eigenvalue weighted by Crippen LogP contribution is -2.44. The molecule has 1 heterocycles. The van der Waals surface area contributed by atoms with Gasteiger partial charge in [-0.1, -0.05) is 42.5 Å². The third kappa shape index (κ3) is 8.50. The number of halogens is 1. The Balaban J connectivity index is 0.00000385. The number of aliphatic imine (C=N–C) groups is 1. The molecule has 0 saturated carbocycles. The van der Waals surface area contributed by atoms with E-state index in [1.165, 1.54) is 0 Å². The van der Waals surface area contributed by atoms with Crippen LogP contribution in [0.3, 0.4) is 0 Å². The van der Waals surface area contributed by atoms with Gasteiger partial charge in [-0.3, -0.25) is 9.48 Å². The molecule has 0 aliphatic heterocycles. The van der Waals surface area contributed by atoms with Gasteiger partial charge in [0.05, 0.1) is 13.1 Å². The van der Waals surface area contributed by atoms with Crippen molar-refractivity contribution in [3.63, 3.8) is 0 Å². The number of benzene rings is 2. The molecule has 0 fully saturated rings. The van der Waals surface area contributed by atoms with E-state index in [2.05, 4.69) is 26.0 Å². The summed E-state index contributed by atoms with van der Waals surface area (Å²) in [5.74, 6) is 0.462. The molecule has 1 aromatic heterocycles. The number of rotatable bonds is 9. The highest BCUT2D eigenvalue weighted by Gasteiger charge is 2.22. The van der Waals surface area contributed by atoms with Crippen molar-refractivity contribution in [2.75, 3.05) is 18.4 Å². The zero-order valence-electron chi connectivity index (χ0n) is 18.9. The van der Waals surface area contributed by atoms with E-state index in [0.717, 1.165) is 11.1 Å². The molecule has 3 rings (SSSR count). The van der Waals surface area contributed by atoms with E-state index in [4.69, 9.17) is 0 Å². The number of carbonyl (C=O) groups excluding carboxylic acids is 1. The summed E-state index contributed by atoms with van der Waals surface area (Å²) in [4.78, 5) is 16.8. The molecule has 2 aromatic carbocycles. The highest BCUT2D eigenvalue weighted by molar-refractivity contribution is 14.0. The Labute approximate surface area is 211 Å². The Morgan fingerprint density at radius 2 is 1.91 bits per heavy atom. The molecule has 0 bridgehead atoms. The minimum absolute atomic E-state index is 0. The number of aliphatic hydroxyl groups is 1. The molecular weight excluding hydrogens is 531 g/mol. The van der Waals surface area contributed by atoms with Gasteiger partial charge in [0.1, 0.15) is 12.1 Å². The van der Waals surface area contributed by atoms with E-state index < -0.39 is 5.60 Å². The van der Waals surface area contributed by atoms with Crippen LogP contribution in [0, 0.1) is 0 Å². The van der Waals surface area contributed by atoms with Gasteiger partial charge in [-0.05, 0) is 43.2 Å². The van der Waals surface area contributed by atoms with Gasteiger partial charge in [0.2, 0.25) is 5.91 Å². The van der Waals surface area contributed by atoms with Gasteiger partial charge < -0.3 is 21.1 Å². The van der Waals surface area contributed by atoms with Gasteiger partial charge in [-0.25, -0.2) is 4.99 Å². The number of nitrogens with zero attached hydrogens (tertiary/aromatic N) is 3. The van der Waals surface area contributed by atoms with E-state index >= 15 is 0 Å². The maximum Gasteiger partial charge on any atom is 0.246 e. The Kier molecular flexibility index (Phi) is 10.3. The van der Waals surface area contributed by atoms with Gasteiger partial charge in [0.15, 0.2) is 5.96 Å². The summed E-state index contributed by atoms with van der Waals surface area (Å²) in [6.45, 7) is 5.35. The number of amides is 1. The highest BCUT2D eigenvalue weighted by Crippen LogP contribution is 2.19. The second kappa shape index (κ2) is 12.9. The summed E-state index contributed by atoms with van der Waals surface area (Å²) < 4.78 is 1.57. The number of nitrogens with one attached hydrogen (secondary N) is 3. The number of anilines is 1. The summed E-state index contributed by atoms with van der Waals surface area (Å²) in [6, 6.07) is 18.9. The van der Waals surface area contributed by atoms with Crippen molar-refractivity contribution >= 4 is 41.5 Å². The number of guanidine groups is 1. The van der Waals surface area contributed by atoms with Crippen LogP contribution in [0.5, 0.6) is 0 Å². The molecule has 0 spiro atoms. The predicted molar refractivity (Wildman–Crippen MR) is 142 cm³/mol. The van der Waals surface area contributed by atoms with E-state index in [1.54, 1.807) is 30.1 Å². The summed E-state index contributed by atoms with van der Waals surface area (Å²) in [6.07, 6.45) is 3.39. The lowest BCUT2D eigenvalue weighted by Gasteiger charge is -2.25. The summed E-state index contributed by atoms with van der Waals surface area (Å²) in [7, 11) is 0. The molecule has 1 amide bonds. The molecule has 176 valence electrons. The number of hydrogen-bond donors (Lipinski definition) is 4. The van der Waals surface area contributed by atoms with Crippen LogP contribution in [-0.4, -0.2) is 39.8 Å². The van der Waals surface area contributed by atoms with Gasteiger partial charge in [-0.15, -0.1) is 24.0 Å². The first kappa shape index (κ1) is 26.3. The molecule has 1 atom stereocenters. The SMILES string of the molecule is CCNC(=NCc1cccc(NC(=O)Cn2cccn2)c1)NCC(C)(O)c1ccccc1.I. The molecule has 3 aromatic rings. The van der Waals surface area contributed by atoms with Crippen LogP contribution in [-0.2, 0) is 23.5 Å². The van der Waals surface area contributed by atoms with Crippen LogP contribution in [0.25, 0.3) is 0 Å². The number of carbonyl (C=O) groups is 1. The fraction of sp³-hybridized carbons (Fsp3) is 0.292. The van der Waals surface area contributed by atoms with Crippen molar-refractivity contribution in [3.05, 3.63) is 84.2 Å². The van der Waals surface area contributed by atoms with Gasteiger partial charge in [0.25, 0.3) is 0 Å². The second-order valence-corrected chi connectivity index (χ2v) is 7.64. The first-order valence-corrected chi connectivity index (χ1v) is 10.6. The third-order valence-corrected chi connectivity index (χ3v) is 4.84. The van der Waals surface area contributed by atoms with Crippen molar-refractivity contribution in [2.24, 2.45) is 4.99 Å². The Hall–Kier alpha value is -2.92. The minimum Gasteiger partial charge on any atom is -0.384 e. The molecule has 1 unspecified atom stereocenters. The smallest absolute Gasteiger partial charge is 0.246 e. The highest BCUT2D eigenvalue weighted by atomic mass is 127. The van der Waals surface area contributed by atoms with E-state index in [1.807, 2.05) is 61.5 Å². The first-order valence-electron chi connectivity index (χ1n) is 10.6. The Morgan fingerprint density at radius 1 is 1.12 bits per heavy atom. The lowest BCUT2D eigenvalue weighted by atomic mass is 9.96. The van der Waals surface area contributed by atoms with Crippen LogP contribution in [0.4, 0.5) is 5.69 Å². The minimum atomic E-state index is -1.03. The van der Waals surface area contributed by atoms with Crippen molar-refractivity contribution < 1.29 is 9.90 Å². The fourth-order valence-corrected chi connectivity index (χ4v) is 3.16. The molecule has 9 heteroatoms. The fourth-order valence-electron chi connectivity index (χ4n) is 3.16. The van der Waals surface area contributed by atoms with Gasteiger partial charge in [-0.2, -0.15) is 5.10 Å². The lowest BCUT2D eigenvalue weighted by molar-refractivity contribution is -0.116. The molecule has 8 nitrogen and oxygen atoms in total. The molecular formula is C24H31IN6O2. The summed E-state index contributed by atoms with van der Waals surface area (Å²) >= 11 is 0. The maximum atomic E-state index is 12.2. The van der Waals surface area contributed by atoms with Crippen LogP contribution >= 0.6 is 24.0 Å². The molecule has 4 N–H and O–H groups in total. The van der Waals surface area contributed by atoms with Crippen LogP contribution in [0.2, 0.25) is 0 Å². The van der Waals surface area contributed by atoms with E-state index in [-0.39, 0.29) is 36.4 Å². The maximum absolute atomic E-state index is 12.2. The van der Waals surface area contributed by atoms with Gasteiger partial charge in [0, 0.05) is 24.6 Å². The van der Waals surface area contributed by atoms with Crippen LogP contribution in [0.1, 0.15) is 25.0 Å². The van der Waals surface area contributed by atoms with E-state index in [0.29, 0.717) is 31.3 Å². The quantitative estimate of drug-likeness (QED) is 0.182. The zero-order chi connectivity index (χ0) is 22.8. The average molecular weight is 562 g/mol. The predicted octanol–water partition coefficient (Wildman–Crippen LogP) is 3.10. The Bertz CT molecular complexity index is 1020. The summed E-state index contributed by atoms with van der Waals surface area (Å²) in [5.41, 5.74) is 1.46. The topological polar surface area (TPSA) is 104 Å². The first-order chi connectivity index (χ1) is 15.5. The zero-order valence-corrected chi connectivity index (χ0v) is 21.2. The molecule has 0 aliphatic rings. The number of aromatic nitrogens is 2. The normalized spacial score (nSPS) is 12.9. The molecule has 33 heavy (non-hydrogen) atoms. The largest absolute Gasteiger partial charge is 0.384 e. The number of hydrogen-bond acceptors (Lipinski definition) is 4. The Morgan fingerprint density at radius 3 is 2.61 bits per heavy atom. The molecule has 0 saturated heterocycles. The molecule has 0 radical (unpaired) electrons. The van der Waals surface area contributed by atoms with Crippen molar-refractivity contribution in [1.82, 2.24) is 20.4 Å². The van der Waals surface area contributed by atoms with Crippen LogP contribution in [0.15, 0.2) is 78.0 Å². The second-order valence-electron chi connectivity index (χ2n) is 7.64. The van der Waals surface area contributed by atoms with Crippen molar-refractivity contribution in [2.45, 2.75) is 32.5 Å². The molecule has 0 aliphatic carbocycles. The monoisotopic (exact) mass is 562 g/mol. The average Bonchev–Trinajstić information content (AvgIpc) is 3.29.